The normalized spacial score (nSPS) is 12.6. The summed E-state index contributed by atoms with van der Waals surface area (Å²) < 4.78 is 1.14. The van der Waals surface area contributed by atoms with E-state index in [1.165, 1.54) is 10.4 Å². The van der Waals surface area contributed by atoms with E-state index in [1.54, 1.807) is 11.3 Å². The Kier molecular flexibility index (Phi) is 4.88. The average Bonchev–Trinajstić information content (AvgIpc) is 2.81. The number of nitrogens with one attached hydrogen (secondary N) is 1. The SMILES string of the molecule is CCc1cccnc1C(Cc1sccc1Br)NN. The first kappa shape index (κ1) is 13.7. The third-order valence-electron chi connectivity index (χ3n) is 2.92. The van der Waals surface area contributed by atoms with Crippen molar-refractivity contribution in [3.8, 4) is 0 Å². The molecule has 0 radical (unpaired) electrons. The lowest BCUT2D eigenvalue weighted by Crippen LogP contribution is -2.31. The van der Waals surface area contributed by atoms with Gasteiger partial charge in [-0.25, -0.2) is 0 Å². The number of nitrogens with zero attached hydrogens (tertiary/aromatic N) is 1. The first-order valence-electron chi connectivity index (χ1n) is 5.88. The molecular formula is C13H16BrN3S. The van der Waals surface area contributed by atoms with Crippen molar-refractivity contribution in [2.75, 3.05) is 0 Å². The van der Waals surface area contributed by atoms with Gasteiger partial charge in [-0.05, 0) is 45.4 Å². The van der Waals surface area contributed by atoms with Crippen LogP contribution in [0.1, 0.15) is 29.1 Å². The highest BCUT2D eigenvalue weighted by Crippen LogP contribution is 2.28. The average molecular weight is 326 g/mol. The molecular weight excluding hydrogens is 310 g/mol. The zero-order chi connectivity index (χ0) is 13.0. The Morgan fingerprint density at radius 1 is 1.50 bits per heavy atom. The summed E-state index contributed by atoms with van der Waals surface area (Å²) in [5, 5.41) is 2.08. The third-order valence-corrected chi connectivity index (χ3v) is 4.87. The van der Waals surface area contributed by atoms with Gasteiger partial charge in [0.25, 0.3) is 0 Å². The second-order valence-corrected chi connectivity index (χ2v) is 5.87. The second-order valence-electron chi connectivity index (χ2n) is 4.02. The van der Waals surface area contributed by atoms with Crippen LogP contribution >= 0.6 is 27.3 Å². The molecule has 18 heavy (non-hydrogen) atoms. The van der Waals surface area contributed by atoms with E-state index in [4.69, 9.17) is 5.84 Å². The Hall–Kier alpha value is -0.750. The maximum Gasteiger partial charge on any atom is 0.0683 e. The van der Waals surface area contributed by atoms with Gasteiger partial charge in [0.05, 0.1) is 11.7 Å². The van der Waals surface area contributed by atoms with E-state index >= 15 is 0 Å². The van der Waals surface area contributed by atoms with E-state index in [1.807, 2.05) is 12.3 Å². The van der Waals surface area contributed by atoms with Gasteiger partial charge >= 0.3 is 0 Å². The van der Waals surface area contributed by atoms with Gasteiger partial charge < -0.3 is 0 Å². The summed E-state index contributed by atoms with van der Waals surface area (Å²) in [5.74, 6) is 5.69. The highest BCUT2D eigenvalue weighted by atomic mass is 79.9. The van der Waals surface area contributed by atoms with Gasteiger partial charge in [0, 0.05) is 22.0 Å². The number of hydrogen-bond acceptors (Lipinski definition) is 4. The number of thiophene rings is 1. The van der Waals surface area contributed by atoms with E-state index in [9.17, 15) is 0 Å². The Morgan fingerprint density at radius 3 is 2.94 bits per heavy atom. The minimum absolute atomic E-state index is 0.0519. The topological polar surface area (TPSA) is 50.9 Å². The number of halogens is 1. The van der Waals surface area contributed by atoms with Crippen LogP contribution in [-0.2, 0) is 12.8 Å². The highest BCUT2D eigenvalue weighted by Gasteiger charge is 2.17. The molecule has 0 bridgehead atoms. The van der Waals surface area contributed by atoms with Crippen molar-refractivity contribution in [2.45, 2.75) is 25.8 Å². The molecule has 0 aliphatic rings. The van der Waals surface area contributed by atoms with Crippen LogP contribution in [0, 0.1) is 0 Å². The number of aromatic nitrogens is 1. The van der Waals surface area contributed by atoms with Crippen LogP contribution in [0.5, 0.6) is 0 Å². The number of rotatable bonds is 5. The quantitative estimate of drug-likeness (QED) is 0.655. The maximum absolute atomic E-state index is 5.69. The van der Waals surface area contributed by atoms with Gasteiger partial charge in [-0.1, -0.05) is 13.0 Å². The Labute approximate surface area is 120 Å². The summed E-state index contributed by atoms with van der Waals surface area (Å²) >= 11 is 5.28. The monoisotopic (exact) mass is 325 g/mol. The minimum atomic E-state index is 0.0519. The molecule has 3 N–H and O–H groups in total. The molecule has 1 unspecified atom stereocenters. The van der Waals surface area contributed by atoms with Crippen LogP contribution in [0.3, 0.4) is 0 Å². The van der Waals surface area contributed by atoms with Crippen molar-refractivity contribution in [3.05, 3.63) is 50.4 Å². The number of nitrogens with two attached hydrogens (primary N) is 1. The third kappa shape index (κ3) is 2.98. The van der Waals surface area contributed by atoms with Gasteiger partial charge in [-0.3, -0.25) is 16.3 Å². The van der Waals surface area contributed by atoms with Gasteiger partial charge in [0.15, 0.2) is 0 Å². The minimum Gasteiger partial charge on any atom is -0.271 e. The van der Waals surface area contributed by atoms with Gasteiger partial charge in [0.2, 0.25) is 0 Å². The summed E-state index contributed by atoms with van der Waals surface area (Å²) in [4.78, 5) is 5.76. The molecule has 1 atom stereocenters. The van der Waals surface area contributed by atoms with Crippen LogP contribution < -0.4 is 11.3 Å². The number of pyridine rings is 1. The molecule has 2 heterocycles. The number of aryl methyl sites for hydroxylation is 1. The standard InChI is InChI=1S/C13H16BrN3S/c1-2-9-4-3-6-16-13(9)11(17-15)8-12-10(14)5-7-18-12/h3-7,11,17H,2,8,15H2,1H3. The molecule has 0 spiro atoms. The molecule has 0 fully saturated rings. The van der Waals surface area contributed by atoms with E-state index in [0.717, 1.165) is 23.0 Å². The first-order chi connectivity index (χ1) is 8.76. The van der Waals surface area contributed by atoms with Gasteiger partial charge in [0.1, 0.15) is 0 Å². The van der Waals surface area contributed by atoms with E-state index in [-0.39, 0.29) is 6.04 Å². The van der Waals surface area contributed by atoms with Crippen LogP contribution in [0.15, 0.2) is 34.2 Å². The Morgan fingerprint density at radius 2 is 2.33 bits per heavy atom. The van der Waals surface area contributed by atoms with Crippen molar-refractivity contribution in [1.82, 2.24) is 10.4 Å². The van der Waals surface area contributed by atoms with Crippen molar-refractivity contribution < 1.29 is 0 Å². The summed E-state index contributed by atoms with van der Waals surface area (Å²) in [6.45, 7) is 2.13. The lowest BCUT2D eigenvalue weighted by atomic mass is 10.0. The summed E-state index contributed by atoms with van der Waals surface area (Å²) in [5.41, 5.74) is 5.17. The predicted molar refractivity (Wildman–Crippen MR) is 79.4 cm³/mol. The zero-order valence-corrected chi connectivity index (χ0v) is 12.6. The summed E-state index contributed by atoms with van der Waals surface area (Å²) in [6, 6.07) is 6.19. The maximum atomic E-state index is 5.69. The molecule has 0 saturated heterocycles. The molecule has 2 aromatic rings. The van der Waals surface area contributed by atoms with Crippen molar-refractivity contribution >= 4 is 27.3 Å². The molecule has 3 nitrogen and oxygen atoms in total. The lowest BCUT2D eigenvalue weighted by molar-refractivity contribution is 0.536. The largest absolute Gasteiger partial charge is 0.271 e. The first-order valence-corrected chi connectivity index (χ1v) is 7.55. The van der Waals surface area contributed by atoms with Crippen LogP contribution in [-0.4, -0.2) is 4.98 Å². The molecule has 2 rings (SSSR count). The molecule has 0 amide bonds. The number of hydrogen-bond donors (Lipinski definition) is 2. The van der Waals surface area contributed by atoms with Crippen LogP contribution in [0.4, 0.5) is 0 Å². The molecule has 0 aliphatic heterocycles. The lowest BCUT2D eigenvalue weighted by Gasteiger charge is -2.17. The molecule has 96 valence electrons. The smallest absolute Gasteiger partial charge is 0.0683 e. The van der Waals surface area contributed by atoms with Crippen molar-refractivity contribution in [2.24, 2.45) is 5.84 Å². The molecule has 0 saturated carbocycles. The highest BCUT2D eigenvalue weighted by molar-refractivity contribution is 9.10. The van der Waals surface area contributed by atoms with E-state index < -0.39 is 0 Å². The van der Waals surface area contributed by atoms with Gasteiger partial charge in [-0.2, -0.15) is 0 Å². The van der Waals surface area contributed by atoms with Crippen molar-refractivity contribution in [1.29, 1.82) is 0 Å². The van der Waals surface area contributed by atoms with E-state index in [0.29, 0.717) is 0 Å². The fourth-order valence-electron chi connectivity index (χ4n) is 1.95. The van der Waals surface area contributed by atoms with Crippen LogP contribution in [0.25, 0.3) is 0 Å². The zero-order valence-electron chi connectivity index (χ0n) is 10.2. The second kappa shape index (κ2) is 6.43. The Balaban J connectivity index is 2.25. The molecule has 2 aromatic heterocycles. The van der Waals surface area contributed by atoms with E-state index in [2.05, 4.69) is 50.8 Å². The van der Waals surface area contributed by atoms with Gasteiger partial charge in [-0.15, -0.1) is 11.3 Å². The molecule has 5 heteroatoms. The summed E-state index contributed by atoms with van der Waals surface area (Å²) in [7, 11) is 0. The Bertz CT molecular complexity index is 512. The van der Waals surface area contributed by atoms with Crippen molar-refractivity contribution in [3.63, 3.8) is 0 Å². The molecule has 0 aromatic carbocycles. The number of hydrazine groups is 1. The van der Waals surface area contributed by atoms with Crippen LogP contribution in [0.2, 0.25) is 0 Å². The molecule has 0 aliphatic carbocycles. The fraction of sp³-hybridized carbons (Fsp3) is 0.308. The fourth-order valence-corrected chi connectivity index (χ4v) is 3.52. The predicted octanol–water partition coefficient (Wildman–Crippen LogP) is 3.22. The summed E-state index contributed by atoms with van der Waals surface area (Å²) in [6.07, 6.45) is 3.63.